The van der Waals surface area contributed by atoms with Crippen LogP contribution in [0.15, 0.2) is 0 Å². The highest BCUT2D eigenvalue weighted by molar-refractivity contribution is 5.69. The Morgan fingerprint density at radius 3 is 2.86 bits per heavy atom. The summed E-state index contributed by atoms with van der Waals surface area (Å²) in [5.74, 6) is 0.569. The lowest BCUT2D eigenvalue weighted by Gasteiger charge is -2.05. The monoisotopic (exact) mass is 198 g/mol. The average molecular weight is 198 g/mol. The number of carbonyl (C=O) groups is 1. The second kappa shape index (κ2) is 4.69. The van der Waals surface area contributed by atoms with Crippen molar-refractivity contribution in [1.29, 1.82) is 0 Å². The van der Waals surface area contributed by atoms with Gasteiger partial charge in [0.25, 0.3) is 0 Å². The van der Waals surface area contributed by atoms with Crippen LogP contribution in [-0.2, 0) is 16.1 Å². The number of carbonyl (C=O) groups excluding carboxylic acids is 1. The minimum atomic E-state index is -0.318. The molecule has 14 heavy (non-hydrogen) atoms. The number of rotatable bonds is 4. The minimum absolute atomic E-state index is 0.0777. The van der Waals surface area contributed by atoms with E-state index in [9.17, 15) is 4.79 Å². The summed E-state index contributed by atoms with van der Waals surface area (Å²) in [6, 6.07) is 0. The molecular formula is C8H14N4O2. The zero-order valence-electron chi connectivity index (χ0n) is 8.60. The largest absolute Gasteiger partial charge is 0.465 e. The molecule has 0 saturated heterocycles. The van der Waals surface area contributed by atoms with E-state index < -0.39 is 0 Å². The lowest BCUT2D eigenvalue weighted by molar-refractivity contribution is -0.144. The van der Waals surface area contributed by atoms with Gasteiger partial charge in [0, 0.05) is 5.92 Å². The Labute approximate surface area is 82.2 Å². The van der Waals surface area contributed by atoms with Crippen LogP contribution in [0.25, 0.3) is 0 Å². The fourth-order valence-electron chi connectivity index (χ4n) is 1.07. The highest BCUT2D eigenvalue weighted by Crippen LogP contribution is 2.08. The van der Waals surface area contributed by atoms with Gasteiger partial charge in [0.15, 0.2) is 5.82 Å². The van der Waals surface area contributed by atoms with E-state index in [1.807, 2.05) is 13.8 Å². The number of hydrogen-bond acceptors (Lipinski definition) is 5. The second-order valence-electron chi connectivity index (χ2n) is 3.15. The summed E-state index contributed by atoms with van der Waals surface area (Å²) in [6.45, 7) is 6.15. The molecule has 6 heteroatoms. The molecule has 0 spiro atoms. The van der Waals surface area contributed by atoms with Gasteiger partial charge in [-0.25, -0.2) is 4.68 Å². The van der Waals surface area contributed by atoms with E-state index in [0.29, 0.717) is 12.4 Å². The van der Waals surface area contributed by atoms with Crippen molar-refractivity contribution in [1.82, 2.24) is 20.2 Å². The van der Waals surface area contributed by atoms with Crippen LogP contribution in [-0.4, -0.2) is 32.8 Å². The third-order valence-electron chi connectivity index (χ3n) is 1.66. The van der Waals surface area contributed by atoms with Crippen LogP contribution in [0.1, 0.15) is 32.5 Å². The second-order valence-corrected chi connectivity index (χ2v) is 3.15. The van der Waals surface area contributed by atoms with E-state index in [0.717, 1.165) is 0 Å². The van der Waals surface area contributed by atoms with Gasteiger partial charge in [-0.15, -0.1) is 5.10 Å². The maximum atomic E-state index is 11.1. The van der Waals surface area contributed by atoms with Crippen molar-refractivity contribution in [2.24, 2.45) is 0 Å². The number of ether oxygens (including phenoxy) is 1. The fourth-order valence-corrected chi connectivity index (χ4v) is 1.07. The molecule has 0 amide bonds. The normalized spacial score (nSPS) is 10.6. The van der Waals surface area contributed by atoms with Gasteiger partial charge in [-0.2, -0.15) is 0 Å². The molecule has 0 aliphatic carbocycles. The molecule has 0 bridgehead atoms. The van der Waals surface area contributed by atoms with Gasteiger partial charge in [-0.3, -0.25) is 4.79 Å². The van der Waals surface area contributed by atoms with Crippen LogP contribution >= 0.6 is 0 Å². The van der Waals surface area contributed by atoms with E-state index in [2.05, 4.69) is 15.5 Å². The van der Waals surface area contributed by atoms with E-state index in [1.54, 1.807) is 6.92 Å². The molecule has 0 unspecified atom stereocenters. The fraction of sp³-hybridized carbons (Fsp3) is 0.750. The van der Waals surface area contributed by atoms with Crippen LogP contribution in [0.5, 0.6) is 0 Å². The minimum Gasteiger partial charge on any atom is -0.465 e. The zero-order valence-corrected chi connectivity index (χ0v) is 8.60. The average Bonchev–Trinajstić information content (AvgIpc) is 2.52. The number of tetrazole rings is 1. The standard InChI is InChI=1S/C8H14N4O2/c1-4-14-7(13)5-12-8(6(2)3)9-10-11-12/h6H,4-5H2,1-3H3. The van der Waals surface area contributed by atoms with Crippen molar-refractivity contribution >= 4 is 5.97 Å². The first kappa shape index (κ1) is 10.6. The summed E-state index contributed by atoms with van der Waals surface area (Å²) in [5.41, 5.74) is 0. The molecule has 1 rings (SSSR count). The molecule has 0 radical (unpaired) electrons. The van der Waals surface area contributed by atoms with Crippen molar-refractivity contribution in [3.8, 4) is 0 Å². The summed E-state index contributed by atoms with van der Waals surface area (Å²) in [7, 11) is 0. The summed E-state index contributed by atoms with van der Waals surface area (Å²) < 4.78 is 6.26. The molecular weight excluding hydrogens is 184 g/mol. The number of esters is 1. The SMILES string of the molecule is CCOC(=O)Cn1nnnc1C(C)C. The smallest absolute Gasteiger partial charge is 0.327 e. The van der Waals surface area contributed by atoms with Gasteiger partial charge in [0.05, 0.1) is 6.61 Å². The van der Waals surface area contributed by atoms with Gasteiger partial charge in [-0.05, 0) is 17.4 Å². The van der Waals surface area contributed by atoms with Crippen LogP contribution in [0.2, 0.25) is 0 Å². The van der Waals surface area contributed by atoms with Gasteiger partial charge in [-0.1, -0.05) is 13.8 Å². The molecule has 0 aliphatic heterocycles. The first-order valence-electron chi connectivity index (χ1n) is 4.56. The van der Waals surface area contributed by atoms with Crippen molar-refractivity contribution < 1.29 is 9.53 Å². The molecule has 0 N–H and O–H groups in total. The maximum Gasteiger partial charge on any atom is 0.327 e. The first-order valence-corrected chi connectivity index (χ1v) is 4.56. The van der Waals surface area contributed by atoms with Crippen LogP contribution < -0.4 is 0 Å². The quantitative estimate of drug-likeness (QED) is 0.653. The molecule has 0 saturated carbocycles. The Hall–Kier alpha value is -1.46. The Balaban J connectivity index is 2.66. The molecule has 1 aromatic heterocycles. The molecule has 0 aliphatic rings. The molecule has 78 valence electrons. The Kier molecular flexibility index (Phi) is 3.55. The Bertz CT molecular complexity index is 308. The molecule has 1 heterocycles. The lowest BCUT2D eigenvalue weighted by atomic mass is 10.2. The van der Waals surface area contributed by atoms with Gasteiger partial charge < -0.3 is 4.74 Å². The molecule has 6 nitrogen and oxygen atoms in total. The third-order valence-corrected chi connectivity index (χ3v) is 1.66. The molecule has 0 fully saturated rings. The highest BCUT2D eigenvalue weighted by Gasteiger charge is 2.13. The summed E-state index contributed by atoms with van der Waals surface area (Å²) >= 11 is 0. The predicted molar refractivity (Wildman–Crippen MR) is 48.5 cm³/mol. The molecule has 0 aromatic carbocycles. The van der Waals surface area contributed by atoms with Crippen molar-refractivity contribution in [2.75, 3.05) is 6.61 Å². The summed E-state index contributed by atoms with van der Waals surface area (Å²) in [4.78, 5) is 11.1. The van der Waals surface area contributed by atoms with E-state index in [-0.39, 0.29) is 18.4 Å². The van der Waals surface area contributed by atoms with Crippen molar-refractivity contribution in [3.05, 3.63) is 5.82 Å². The topological polar surface area (TPSA) is 69.9 Å². The Morgan fingerprint density at radius 2 is 2.29 bits per heavy atom. The summed E-state index contributed by atoms with van der Waals surface area (Å²) in [5, 5.41) is 11.0. The van der Waals surface area contributed by atoms with Crippen molar-refractivity contribution in [2.45, 2.75) is 33.2 Å². The maximum absolute atomic E-state index is 11.1. The lowest BCUT2D eigenvalue weighted by Crippen LogP contribution is -2.17. The van der Waals surface area contributed by atoms with E-state index in [1.165, 1.54) is 4.68 Å². The summed E-state index contributed by atoms with van der Waals surface area (Å²) in [6.07, 6.45) is 0. The third kappa shape index (κ3) is 2.51. The van der Waals surface area contributed by atoms with Crippen molar-refractivity contribution in [3.63, 3.8) is 0 Å². The Morgan fingerprint density at radius 1 is 1.57 bits per heavy atom. The molecule has 0 atom stereocenters. The van der Waals surface area contributed by atoms with Gasteiger partial charge >= 0.3 is 5.97 Å². The van der Waals surface area contributed by atoms with E-state index >= 15 is 0 Å². The van der Waals surface area contributed by atoms with Crippen LogP contribution in [0, 0.1) is 0 Å². The van der Waals surface area contributed by atoms with Crippen LogP contribution in [0.3, 0.4) is 0 Å². The van der Waals surface area contributed by atoms with E-state index in [4.69, 9.17) is 4.74 Å². The highest BCUT2D eigenvalue weighted by atomic mass is 16.5. The zero-order chi connectivity index (χ0) is 10.6. The molecule has 1 aromatic rings. The van der Waals surface area contributed by atoms with Gasteiger partial charge in [0.2, 0.25) is 0 Å². The number of hydrogen-bond donors (Lipinski definition) is 0. The number of nitrogens with zero attached hydrogens (tertiary/aromatic N) is 4. The van der Waals surface area contributed by atoms with Gasteiger partial charge in [0.1, 0.15) is 6.54 Å². The number of aromatic nitrogens is 4. The first-order chi connectivity index (χ1) is 6.65. The predicted octanol–water partition coefficient (Wildman–Crippen LogP) is 0.360. The van der Waals surface area contributed by atoms with Crippen LogP contribution in [0.4, 0.5) is 0 Å².